The molecule has 2 aromatic rings. The number of urea groups is 1. The zero-order chi connectivity index (χ0) is 18.4. The predicted molar refractivity (Wildman–Crippen MR) is 105 cm³/mol. The minimum atomic E-state index is -0.369. The molecular formula is C17H21N5O2S2. The molecule has 3 amide bonds. The molecule has 0 atom stereocenters. The smallest absolute Gasteiger partial charge is 0.325 e. The zero-order valence-corrected chi connectivity index (χ0v) is 16.2. The molecule has 3 rings (SSSR count). The average Bonchev–Trinajstić information content (AvgIpc) is 3.09. The molecule has 9 heteroatoms. The van der Waals surface area contributed by atoms with Crippen molar-refractivity contribution in [3.63, 3.8) is 0 Å². The largest absolute Gasteiger partial charge is 0.342 e. The number of hydrogen-bond acceptors (Lipinski definition) is 6. The lowest BCUT2D eigenvalue weighted by Gasteiger charge is -2.26. The molecule has 1 aromatic carbocycles. The summed E-state index contributed by atoms with van der Waals surface area (Å²) < 4.78 is 0.668. The minimum Gasteiger partial charge on any atom is -0.342 e. The van der Waals surface area contributed by atoms with Crippen LogP contribution < -0.4 is 10.6 Å². The lowest BCUT2D eigenvalue weighted by Crippen LogP contribution is -2.36. The normalized spacial score (nSPS) is 14.1. The summed E-state index contributed by atoms with van der Waals surface area (Å²) in [5.41, 5.74) is 1.83. The number of carbonyl (C=O) groups excluding carboxylic acids is 2. The molecule has 1 fully saturated rings. The van der Waals surface area contributed by atoms with Crippen molar-refractivity contribution in [3.8, 4) is 0 Å². The molecule has 0 aliphatic carbocycles. The topological polar surface area (TPSA) is 87.2 Å². The highest BCUT2D eigenvalue weighted by molar-refractivity contribution is 8.01. The Kier molecular flexibility index (Phi) is 6.45. The van der Waals surface area contributed by atoms with E-state index in [4.69, 9.17) is 0 Å². The first kappa shape index (κ1) is 18.7. The number of anilines is 2. The monoisotopic (exact) mass is 391 g/mol. The van der Waals surface area contributed by atoms with Crippen LogP contribution in [0.2, 0.25) is 0 Å². The highest BCUT2D eigenvalue weighted by Crippen LogP contribution is 2.26. The van der Waals surface area contributed by atoms with E-state index in [1.165, 1.54) is 29.5 Å². The van der Waals surface area contributed by atoms with Gasteiger partial charge < -0.3 is 10.2 Å². The Labute approximate surface area is 160 Å². The molecule has 0 bridgehead atoms. The lowest BCUT2D eigenvalue weighted by atomic mass is 10.1. The van der Waals surface area contributed by atoms with Crippen LogP contribution in [-0.4, -0.2) is 45.9 Å². The summed E-state index contributed by atoms with van der Waals surface area (Å²) in [5.74, 6) is 0.487. The molecule has 7 nitrogen and oxygen atoms in total. The Balaban J connectivity index is 1.45. The molecule has 26 heavy (non-hydrogen) atoms. The molecular weight excluding hydrogens is 370 g/mol. The quantitative estimate of drug-likeness (QED) is 0.601. The van der Waals surface area contributed by atoms with E-state index in [1.54, 1.807) is 0 Å². The van der Waals surface area contributed by atoms with Crippen LogP contribution in [0.5, 0.6) is 0 Å². The van der Waals surface area contributed by atoms with E-state index in [0.29, 0.717) is 20.9 Å². The van der Waals surface area contributed by atoms with E-state index in [2.05, 4.69) is 20.8 Å². The van der Waals surface area contributed by atoms with Gasteiger partial charge in [0.2, 0.25) is 11.0 Å². The number of hydrogen-bond donors (Lipinski definition) is 2. The van der Waals surface area contributed by atoms with Gasteiger partial charge in [0.05, 0.1) is 5.75 Å². The minimum absolute atomic E-state index is 0.136. The number of carbonyl (C=O) groups is 2. The predicted octanol–water partition coefficient (Wildman–Crippen LogP) is 3.60. The van der Waals surface area contributed by atoms with Crippen LogP contribution in [0.15, 0.2) is 28.6 Å². The van der Waals surface area contributed by atoms with Crippen molar-refractivity contribution in [1.82, 2.24) is 15.1 Å². The number of amides is 3. The summed E-state index contributed by atoms with van der Waals surface area (Å²) in [5, 5.41) is 13.8. The van der Waals surface area contributed by atoms with Crippen LogP contribution in [0, 0.1) is 6.92 Å². The number of aromatic nitrogens is 2. The second-order valence-corrected chi connectivity index (χ2v) is 8.25. The first-order valence-electron chi connectivity index (χ1n) is 8.49. The molecule has 0 spiro atoms. The van der Waals surface area contributed by atoms with Crippen molar-refractivity contribution >= 4 is 45.9 Å². The summed E-state index contributed by atoms with van der Waals surface area (Å²) in [6, 6.07) is 7.15. The van der Waals surface area contributed by atoms with Crippen LogP contribution in [0.25, 0.3) is 0 Å². The molecule has 0 radical (unpaired) electrons. The Morgan fingerprint density at radius 3 is 2.58 bits per heavy atom. The molecule has 2 N–H and O–H groups in total. The maximum absolute atomic E-state index is 12.2. The number of aryl methyl sites for hydroxylation is 1. The maximum atomic E-state index is 12.2. The molecule has 1 aliphatic rings. The SMILES string of the molecule is Cc1ccc(NC(=O)Nc2nnc(SCC(=O)N3CCCCC3)s2)cc1. The zero-order valence-electron chi connectivity index (χ0n) is 14.5. The third-order valence-corrected chi connectivity index (χ3v) is 5.92. The van der Waals surface area contributed by atoms with Crippen molar-refractivity contribution in [3.05, 3.63) is 29.8 Å². The van der Waals surface area contributed by atoms with Gasteiger partial charge in [-0.05, 0) is 38.3 Å². The van der Waals surface area contributed by atoms with Gasteiger partial charge in [-0.3, -0.25) is 10.1 Å². The van der Waals surface area contributed by atoms with Gasteiger partial charge in [0.25, 0.3) is 0 Å². The number of thioether (sulfide) groups is 1. The van der Waals surface area contributed by atoms with Crippen LogP contribution in [0.4, 0.5) is 15.6 Å². The molecule has 138 valence electrons. The summed E-state index contributed by atoms with van der Waals surface area (Å²) in [4.78, 5) is 26.1. The van der Waals surface area contributed by atoms with Crippen LogP contribution in [0.3, 0.4) is 0 Å². The Morgan fingerprint density at radius 2 is 1.85 bits per heavy atom. The number of nitrogens with zero attached hydrogens (tertiary/aromatic N) is 3. The Morgan fingerprint density at radius 1 is 1.12 bits per heavy atom. The summed E-state index contributed by atoms with van der Waals surface area (Å²) in [6.45, 7) is 3.68. The van der Waals surface area contributed by atoms with Crippen LogP contribution >= 0.6 is 23.1 Å². The second kappa shape index (κ2) is 9.00. The van der Waals surface area contributed by atoms with Gasteiger partial charge in [0, 0.05) is 18.8 Å². The van der Waals surface area contributed by atoms with Crippen molar-refractivity contribution in [2.75, 3.05) is 29.5 Å². The third kappa shape index (κ3) is 5.43. The summed E-state index contributed by atoms with van der Waals surface area (Å²) in [6.07, 6.45) is 3.37. The number of rotatable bonds is 5. The van der Waals surface area contributed by atoms with Crippen molar-refractivity contribution in [2.24, 2.45) is 0 Å². The summed E-state index contributed by atoms with van der Waals surface area (Å²) >= 11 is 2.62. The molecule has 1 aromatic heterocycles. The molecule has 1 aliphatic heterocycles. The fourth-order valence-corrected chi connectivity index (χ4v) is 4.22. The van der Waals surface area contributed by atoms with Gasteiger partial charge >= 0.3 is 6.03 Å². The second-order valence-electron chi connectivity index (χ2n) is 6.05. The average molecular weight is 392 g/mol. The van der Waals surface area contributed by atoms with E-state index in [0.717, 1.165) is 31.5 Å². The van der Waals surface area contributed by atoms with Gasteiger partial charge in [-0.1, -0.05) is 40.8 Å². The Bertz CT molecular complexity index is 757. The number of likely N-dealkylation sites (tertiary alicyclic amines) is 1. The van der Waals surface area contributed by atoms with Crippen LogP contribution in [0.1, 0.15) is 24.8 Å². The van der Waals surface area contributed by atoms with Gasteiger partial charge in [-0.15, -0.1) is 10.2 Å². The van der Waals surface area contributed by atoms with E-state index in [9.17, 15) is 9.59 Å². The highest BCUT2D eigenvalue weighted by atomic mass is 32.2. The van der Waals surface area contributed by atoms with E-state index >= 15 is 0 Å². The van der Waals surface area contributed by atoms with Crippen molar-refractivity contribution in [2.45, 2.75) is 30.5 Å². The standard InChI is InChI=1S/C17H21N5O2S2/c1-12-5-7-13(8-6-12)18-15(24)19-16-20-21-17(26-16)25-11-14(23)22-9-3-2-4-10-22/h5-8H,2-4,9-11H2,1H3,(H2,18,19,20,24). The fourth-order valence-electron chi connectivity index (χ4n) is 2.57. The molecule has 0 unspecified atom stereocenters. The van der Waals surface area contributed by atoms with Crippen LogP contribution in [-0.2, 0) is 4.79 Å². The van der Waals surface area contributed by atoms with E-state index in [1.807, 2.05) is 36.1 Å². The van der Waals surface area contributed by atoms with E-state index in [-0.39, 0.29) is 11.9 Å². The first-order valence-corrected chi connectivity index (χ1v) is 10.3. The van der Waals surface area contributed by atoms with E-state index < -0.39 is 0 Å². The molecule has 2 heterocycles. The van der Waals surface area contributed by atoms with Gasteiger partial charge in [0.15, 0.2) is 4.34 Å². The molecule has 1 saturated heterocycles. The summed E-state index contributed by atoms with van der Waals surface area (Å²) in [7, 11) is 0. The number of benzene rings is 1. The highest BCUT2D eigenvalue weighted by Gasteiger charge is 2.17. The fraction of sp³-hybridized carbons (Fsp3) is 0.412. The van der Waals surface area contributed by atoms with Gasteiger partial charge in [0.1, 0.15) is 0 Å². The van der Waals surface area contributed by atoms with Crippen molar-refractivity contribution in [1.29, 1.82) is 0 Å². The van der Waals surface area contributed by atoms with Gasteiger partial charge in [-0.2, -0.15) is 0 Å². The van der Waals surface area contributed by atoms with Gasteiger partial charge in [-0.25, -0.2) is 4.79 Å². The number of piperidine rings is 1. The maximum Gasteiger partial charge on any atom is 0.325 e. The lowest BCUT2D eigenvalue weighted by molar-refractivity contribution is -0.129. The first-order chi connectivity index (χ1) is 12.6. The molecule has 0 saturated carbocycles. The van der Waals surface area contributed by atoms with Crippen molar-refractivity contribution < 1.29 is 9.59 Å². The third-order valence-electron chi connectivity index (χ3n) is 3.96. The number of nitrogens with one attached hydrogen (secondary N) is 2. The Hall–Kier alpha value is -2.13.